The summed E-state index contributed by atoms with van der Waals surface area (Å²) in [5, 5.41) is 3.47. The molecule has 168 valence electrons. The molecule has 1 aliphatic heterocycles. The average molecular weight is 476 g/mol. The molecule has 1 heterocycles. The van der Waals surface area contributed by atoms with Gasteiger partial charge >= 0.3 is 0 Å². The van der Waals surface area contributed by atoms with Gasteiger partial charge in [-0.25, -0.2) is 0 Å². The molecule has 0 saturated carbocycles. The molecular formula is C23H23Cl2N3O4. The molecule has 32 heavy (non-hydrogen) atoms. The van der Waals surface area contributed by atoms with Crippen LogP contribution in [0.3, 0.4) is 0 Å². The Bertz CT molecular complexity index is 1020. The molecule has 4 amide bonds. The molecule has 0 aliphatic carbocycles. The second kappa shape index (κ2) is 10.6. The van der Waals surface area contributed by atoms with E-state index in [9.17, 15) is 19.2 Å². The fourth-order valence-electron chi connectivity index (χ4n) is 3.40. The number of rotatable bonds is 8. The van der Waals surface area contributed by atoms with Crippen molar-refractivity contribution in [1.82, 2.24) is 9.80 Å². The Labute approximate surface area is 196 Å². The Hall–Kier alpha value is -2.90. The topological polar surface area (TPSA) is 86.8 Å². The number of anilines is 1. The molecule has 0 unspecified atom stereocenters. The summed E-state index contributed by atoms with van der Waals surface area (Å²) in [6, 6.07) is 11.4. The second-order valence-electron chi connectivity index (χ2n) is 7.47. The van der Waals surface area contributed by atoms with Crippen molar-refractivity contribution >= 4 is 52.5 Å². The lowest BCUT2D eigenvalue weighted by Gasteiger charge is -2.22. The quantitative estimate of drug-likeness (QED) is 0.581. The van der Waals surface area contributed by atoms with Gasteiger partial charge in [0.2, 0.25) is 17.7 Å². The average Bonchev–Trinajstić information content (AvgIpc) is 3.08. The summed E-state index contributed by atoms with van der Waals surface area (Å²) in [6.07, 6.45) is 1.15. The summed E-state index contributed by atoms with van der Waals surface area (Å²) in [6.45, 7) is 2.36. The van der Waals surface area contributed by atoms with Crippen LogP contribution in [0.15, 0.2) is 42.5 Å². The zero-order valence-electron chi connectivity index (χ0n) is 17.6. The van der Waals surface area contributed by atoms with Gasteiger partial charge in [0.15, 0.2) is 0 Å². The summed E-state index contributed by atoms with van der Waals surface area (Å²) in [5.41, 5.74) is 1.54. The van der Waals surface area contributed by atoms with Gasteiger partial charge in [0.05, 0.1) is 17.3 Å². The number of amides is 4. The first-order valence-corrected chi connectivity index (χ1v) is 11.0. The van der Waals surface area contributed by atoms with Gasteiger partial charge in [-0.05, 0) is 42.3 Å². The van der Waals surface area contributed by atoms with Crippen molar-refractivity contribution in [3.63, 3.8) is 0 Å². The predicted molar refractivity (Wildman–Crippen MR) is 123 cm³/mol. The summed E-state index contributed by atoms with van der Waals surface area (Å²) in [7, 11) is 0. The lowest BCUT2D eigenvalue weighted by atomic mass is 10.1. The van der Waals surface area contributed by atoms with E-state index >= 15 is 0 Å². The predicted octanol–water partition coefficient (Wildman–Crippen LogP) is 4.13. The van der Waals surface area contributed by atoms with Gasteiger partial charge in [-0.3, -0.25) is 24.1 Å². The Morgan fingerprint density at radius 2 is 1.69 bits per heavy atom. The Morgan fingerprint density at radius 3 is 2.31 bits per heavy atom. The number of nitrogens with one attached hydrogen (secondary N) is 1. The normalized spacial score (nSPS) is 13.4. The standard InChI is InChI=1S/C23H23Cl2N3O4/c1-2-11-27(14-20(29)26-19-12-17(24)7-8-18(19)25)23(32)16-5-3-15(4-6-16)13-28-21(30)9-10-22(28)31/h3-8,12H,2,9-11,13-14H2,1H3,(H,26,29). The smallest absolute Gasteiger partial charge is 0.254 e. The van der Waals surface area contributed by atoms with E-state index in [4.69, 9.17) is 23.2 Å². The van der Waals surface area contributed by atoms with Gasteiger partial charge in [-0.2, -0.15) is 0 Å². The monoisotopic (exact) mass is 475 g/mol. The van der Waals surface area contributed by atoms with Crippen LogP contribution in [0.5, 0.6) is 0 Å². The van der Waals surface area contributed by atoms with Crippen molar-refractivity contribution in [1.29, 1.82) is 0 Å². The van der Waals surface area contributed by atoms with E-state index in [0.717, 1.165) is 5.56 Å². The molecule has 0 radical (unpaired) electrons. The molecule has 3 rings (SSSR count). The SMILES string of the molecule is CCCN(CC(=O)Nc1cc(Cl)ccc1Cl)C(=O)c1ccc(CN2C(=O)CCC2=O)cc1. The summed E-state index contributed by atoms with van der Waals surface area (Å²) >= 11 is 12.0. The summed E-state index contributed by atoms with van der Waals surface area (Å²) in [5.74, 6) is -1.05. The van der Waals surface area contributed by atoms with Gasteiger partial charge in [0, 0.05) is 30.0 Å². The van der Waals surface area contributed by atoms with Crippen LogP contribution in [0.2, 0.25) is 10.0 Å². The minimum atomic E-state index is -0.390. The number of carbonyl (C=O) groups is 4. The minimum absolute atomic E-state index is 0.145. The number of nitrogens with zero attached hydrogens (tertiary/aromatic N) is 2. The maximum absolute atomic E-state index is 13.0. The van der Waals surface area contributed by atoms with Crippen molar-refractivity contribution in [3.05, 3.63) is 63.6 Å². The minimum Gasteiger partial charge on any atom is -0.329 e. The third-order valence-corrected chi connectivity index (χ3v) is 5.58. The molecule has 1 aliphatic rings. The highest BCUT2D eigenvalue weighted by Gasteiger charge is 2.28. The molecule has 9 heteroatoms. The van der Waals surface area contributed by atoms with E-state index in [-0.39, 0.29) is 43.7 Å². The molecule has 1 fully saturated rings. The van der Waals surface area contributed by atoms with E-state index in [1.54, 1.807) is 42.5 Å². The number of imide groups is 1. The zero-order valence-corrected chi connectivity index (χ0v) is 19.1. The first-order valence-electron chi connectivity index (χ1n) is 10.2. The maximum Gasteiger partial charge on any atom is 0.254 e. The van der Waals surface area contributed by atoms with E-state index in [1.165, 1.54) is 9.80 Å². The van der Waals surface area contributed by atoms with Crippen molar-refractivity contribution in [2.24, 2.45) is 0 Å². The number of carbonyl (C=O) groups excluding carboxylic acids is 4. The fraction of sp³-hybridized carbons (Fsp3) is 0.304. The first-order chi connectivity index (χ1) is 15.3. The zero-order chi connectivity index (χ0) is 23.3. The number of halogens is 2. The highest BCUT2D eigenvalue weighted by atomic mass is 35.5. The molecule has 0 aromatic heterocycles. The Kier molecular flexibility index (Phi) is 7.88. The van der Waals surface area contributed by atoms with Crippen LogP contribution >= 0.6 is 23.2 Å². The lowest BCUT2D eigenvalue weighted by Crippen LogP contribution is -2.38. The Balaban J connectivity index is 1.66. The summed E-state index contributed by atoms with van der Waals surface area (Å²) in [4.78, 5) is 51.8. The van der Waals surface area contributed by atoms with Crippen LogP contribution in [0.25, 0.3) is 0 Å². The van der Waals surface area contributed by atoms with Crippen LogP contribution in [0.1, 0.15) is 42.1 Å². The molecule has 7 nitrogen and oxygen atoms in total. The molecule has 2 aromatic rings. The molecule has 2 aromatic carbocycles. The third-order valence-electron chi connectivity index (χ3n) is 5.01. The van der Waals surface area contributed by atoms with E-state index in [0.29, 0.717) is 34.3 Å². The lowest BCUT2D eigenvalue weighted by molar-refractivity contribution is -0.139. The summed E-state index contributed by atoms with van der Waals surface area (Å²) < 4.78 is 0. The van der Waals surface area contributed by atoms with Crippen molar-refractivity contribution in [2.75, 3.05) is 18.4 Å². The number of hydrogen-bond acceptors (Lipinski definition) is 4. The van der Waals surface area contributed by atoms with Crippen LogP contribution in [-0.4, -0.2) is 46.5 Å². The molecule has 0 spiro atoms. The number of likely N-dealkylation sites (tertiary alicyclic amines) is 1. The molecular weight excluding hydrogens is 453 g/mol. The molecule has 0 bridgehead atoms. The van der Waals surface area contributed by atoms with Crippen LogP contribution in [0.4, 0.5) is 5.69 Å². The van der Waals surface area contributed by atoms with E-state index in [2.05, 4.69) is 5.32 Å². The number of benzene rings is 2. The van der Waals surface area contributed by atoms with E-state index in [1.807, 2.05) is 6.92 Å². The fourth-order valence-corrected chi connectivity index (χ4v) is 3.73. The third kappa shape index (κ3) is 5.87. The van der Waals surface area contributed by atoms with Crippen LogP contribution in [-0.2, 0) is 20.9 Å². The van der Waals surface area contributed by atoms with Crippen LogP contribution in [0, 0.1) is 0 Å². The highest BCUT2D eigenvalue weighted by molar-refractivity contribution is 6.35. The van der Waals surface area contributed by atoms with Crippen molar-refractivity contribution in [3.8, 4) is 0 Å². The number of hydrogen-bond donors (Lipinski definition) is 1. The van der Waals surface area contributed by atoms with Gasteiger partial charge in [-0.1, -0.05) is 42.3 Å². The second-order valence-corrected chi connectivity index (χ2v) is 8.31. The molecule has 0 atom stereocenters. The first kappa shape index (κ1) is 23.8. The van der Waals surface area contributed by atoms with Gasteiger partial charge < -0.3 is 10.2 Å². The van der Waals surface area contributed by atoms with Gasteiger partial charge in [0.25, 0.3) is 5.91 Å². The van der Waals surface area contributed by atoms with Crippen molar-refractivity contribution < 1.29 is 19.2 Å². The van der Waals surface area contributed by atoms with Crippen molar-refractivity contribution in [2.45, 2.75) is 32.7 Å². The molecule has 1 N–H and O–H groups in total. The van der Waals surface area contributed by atoms with Crippen LogP contribution < -0.4 is 5.32 Å². The maximum atomic E-state index is 13.0. The van der Waals surface area contributed by atoms with E-state index < -0.39 is 5.91 Å². The van der Waals surface area contributed by atoms with Gasteiger partial charge in [0.1, 0.15) is 6.54 Å². The largest absolute Gasteiger partial charge is 0.329 e. The Morgan fingerprint density at radius 1 is 1.03 bits per heavy atom. The van der Waals surface area contributed by atoms with Gasteiger partial charge in [-0.15, -0.1) is 0 Å². The molecule has 1 saturated heterocycles. The highest BCUT2D eigenvalue weighted by Crippen LogP contribution is 2.25.